The maximum atomic E-state index is 5.20. The first-order valence-electron chi connectivity index (χ1n) is 3.92. The van der Waals surface area contributed by atoms with E-state index in [9.17, 15) is 0 Å². The molecule has 0 unspecified atom stereocenters. The minimum atomic E-state index is 0.142. The Morgan fingerprint density at radius 1 is 1.58 bits per heavy atom. The Morgan fingerprint density at radius 3 is 2.67 bits per heavy atom. The third-order valence-electron chi connectivity index (χ3n) is 1.57. The van der Waals surface area contributed by atoms with Gasteiger partial charge in [0.15, 0.2) is 0 Å². The molecule has 1 rings (SSSR count). The molecule has 0 aromatic carbocycles. The monoisotopic (exact) mass is 185 g/mol. The molecule has 0 atom stereocenters. The largest absolute Gasteiger partial charge is 0.271 e. The highest BCUT2D eigenvalue weighted by atomic mass is 32.1. The highest BCUT2D eigenvalue weighted by molar-refractivity contribution is 7.09. The van der Waals surface area contributed by atoms with E-state index in [0.29, 0.717) is 6.54 Å². The molecule has 0 fully saturated rings. The Labute approximate surface area is 77.0 Å². The fourth-order valence-electron chi connectivity index (χ4n) is 0.824. The minimum absolute atomic E-state index is 0.142. The van der Waals surface area contributed by atoms with Gasteiger partial charge in [0.2, 0.25) is 0 Å². The maximum Gasteiger partial charge on any atom is 0.108 e. The first kappa shape index (κ1) is 9.64. The van der Waals surface area contributed by atoms with Crippen molar-refractivity contribution in [2.75, 3.05) is 0 Å². The molecule has 68 valence electrons. The van der Waals surface area contributed by atoms with Crippen molar-refractivity contribution in [2.24, 2.45) is 5.84 Å². The second kappa shape index (κ2) is 3.51. The van der Waals surface area contributed by atoms with Crippen LogP contribution in [0.1, 0.15) is 31.5 Å². The number of hydrazine groups is 1. The predicted molar refractivity (Wildman–Crippen MR) is 51.8 cm³/mol. The summed E-state index contributed by atoms with van der Waals surface area (Å²) in [6.07, 6.45) is 0. The molecule has 0 aliphatic heterocycles. The van der Waals surface area contributed by atoms with Crippen molar-refractivity contribution >= 4 is 11.3 Å². The number of hydrogen-bond acceptors (Lipinski definition) is 4. The highest BCUT2D eigenvalue weighted by Gasteiger charge is 2.16. The molecule has 0 radical (unpaired) electrons. The van der Waals surface area contributed by atoms with Crippen LogP contribution in [0.25, 0.3) is 0 Å². The molecule has 3 N–H and O–H groups in total. The Hall–Kier alpha value is -0.450. The molecule has 0 saturated carbocycles. The molecule has 0 saturated heterocycles. The van der Waals surface area contributed by atoms with Gasteiger partial charge in [0.1, 0.15) is 5.01 Å². The van der Waals surface area contributed by atoms with Crippen molar-refractivity contribution in [2.45, 2.75) is 32.7 Å². The second-order valence-corrected chi connectivity index (χ2v) is 4.70. The topological polar surface area (TPSA) is 50.9 Å². The lowest BCUT2D eigenvalue weighted by Gasteiger charge is -2.14. The van der Waals surface area contributed by atoms with Crippen molar-refractivity contribution in [1.29, 1.82) is 0 Å². The van der Waals surface area contributed by atoms with Crippen LogP contribution >= 0.6 is 11.3 Å². The van der Waals surface area contributed by atoms with Crippen molar-refractivity contribution in [3.05, 3.63) is 16.1 Å². The summed E-state index contributed by atoms with van der Waals surface area (Å²) in [5.41, 5.74) is 3.88. The molecule has 12 heavy (non-hydrogen) atoms. The predicted octanol–water partition coefficient (Wildman–Crippen LogP) is 1.40. The Bertz CT molecular complexity index is 249. The first-order valence-corrected chi connectivity index (χ1v) is 4.80. The van der Waals surface area contributed by atoms with Gasteiger partial charge in [0.25, 0.3) is 0 Å². The van der Waals surface area contributed by atoms with Crippen LogP contribution in [0.15, 0.2) is 5.38 Å². The molecule has 0 amide bonds. The zero-order valence-electron chi connectivity index (χ0n) is 7.72. The average molecular weight is 185 g/mol. The van der Waals surface area contributed by atoms with Crippen molar-refractivity contribution < 1.29 is 0 Å². The van der Waals surface area contributed by atoms with Crippen LogP contribution in [0.5, 0.6) is 0 Å². The van der Waals surface area contributed by atoms with E-state index in [0.717, 1.165) is 10.7 Å². The fourth-order valence-corrected chi connectivity index (χ4v) is 1.80. The van der Waals surface area contributed by atoms with Crippen LogP contribution in [-0.4, -0.2) is 4.98 Å². The van der Waals surface area contributed by atoms with Gasteiger partial charge in [-0.15, -0.1) is 11.3 Å². The summed E-state index contributed by atoms with van der Waals surface area (Å²) in [5, 5.41) is 3.13. The van der Waals surface area contributed by atoms with Crippen LogP contribution in [0.4, 0.5) is 0 Å². The number of thiazole rings is 1. The quantitative estimate of drug-likeness (QED) is 0.541. The SMILES string of the molecule is CC(C)(C)c1csc(CNN)n1. The lowest BCUT2D eigenvalue weighted by molar-refractivity contribution is 0.569. The van der Waals surface area contributed by atoms with Gasteiger partial charge in [0.05, 0.1) is 12.2 Å². The molecule has 1 aromatic heterocycles. The van der Waals surface area contributed by atoms with E-state index in [-0.39, 0.29) is 5.41 Å². The van der Waals surface area contributed by atoms with Gasteiger partial charge in [-0.25, -0.2) is 4.98 Å². The summed E-state index contributed by atoms with van der Waals surface area (Å²) < 4.78 is 0. The molecular formula is C8H15N3S. The van der Waals surface area contributed by atoms with Gasteiger partial charge in [-0.1, -0.05) is 20.8 Å². The van der Waals surface area contributed by atoms with E-state index < -0.39 is 0 Å². The zero-order chi connectivity index (χ0) is 9.19. The number of nitrogens with two attached hydrogens (primary N) is 1. The van der Waals surface area contributed by atoms with Gasteiger partial charge in [-0.3, -0.25) is 11.3 Å². The standard InChI is InChI=1S/C8H15N3S/c1-8(2,3)6-5-12-7(11-6)4-10-9/h5,10H,4,9H2,1-3H3. The molecule has 3 nitrogen and oxygen atoms in total. The van der Waals surface area contributed by atoms with E-state index >= 15 is 0 Å². The number of rotatable bonds is 2. The summed E-state index contributed by atoms with van der Waals surface area (Å²) in [6.45, 7) is 7.12. The van der Waals surface area contributed by atoms with Crippen molar-refractivity contribution in [1.82, 2.24) is 10.4 Å². The van der Waals surface area contributed by atoms with Crippen molar-refractivity contribution in [3.63, 3.8) is 0 Å². The van der Waals surface area contributed by atoms with E-state index in [1.54, 1.807) is 11.3 Å². The lowest BCUT2D eigenvalue weighted by atomic mass is 9.93. The lowest BCUT2D eigenvalue weighted by Crippen LogP contribution is -2.21. The summed E-state index contributed by atoms with van der Waals surface area (Å²) >= 11 is 1.65. The average Bonchev–Trinajstić information content (AvgIpc) is 2.35. The third-order valence-corrected chi connectivity index (χ3v) is 2.42. The first-order chi connectivity index (χ1) is 5.54. The van der Waals surface area contributed by atoms with E-state index in [1.165, 1.54) is 0 Å². The van der Waals surface area contributed by atoms with Gasteiger partial charge in [0, 0.05) is 10.8 Å². The number of nitrogens with one attached hydrogen (secondary N) is 1. The Balaban J connectivity index is 2.77. The van der Waals surface area contributed by atoms with Crippen molar-refractivity contribution in [3.8, 4) is 0 Å². The normalized spacial score (nSPS) is 12.0. The number of hydrogen-bond donors (Lipinski definition) is 2. The van der Waals surface area contributed by atoms with E-state index in [4.69, 9.17) is 5.84 Å². The second-order valence-electron chi connectivity index (χ2n) is 3.76. The van der Waals surface area contributed by atoms with Crippen LogP contribution in [-0.2, 0) is 12.0 Å². The van der Waals surface area contributed by atoms with Gasteiger partial charge in [-0.05, 0) is 0 Å². The molecule has 1 aromatic rings. The van der Waals surface area contributed by atoms with Crippen LogP contribution in [0.2, 0.25) is 0 Å². The number of nitrogens with zero attached hydrogens (tertiary/aromatic N) is 1. The molecule has 0 aliphatic carbocycles. The molecule has 0 bridgehead atoms. The van der Waals surface area contributed by atoms with Crippen LogP contribution < -0.4 is 11.3 Å². The maximum absolute atomic E-state index is 5.20. The van der Waals surface area contributed by atoms with Gasteiger partial charge < -0.3 is 0 Å². The van der Waals surface area contributed by atoms with Crippen LogP contribution in [0, 0.1) is 0 Å². The molecular weight excluding hydrogens is 170 g/mol. The van der Waals surface area contributed by atoms with E-state index in [1.807, 2.05) is 0 Å². The summed E-state index contributed by atoms with van der Waals surface area (Å²) in [7, 11) is 0. The van der Waals surface area contributed by atoms with Gasteiger partial charge >= 0.3 is 0 Å². The summed E-state index contributed by atoms with van der Waals surface area (Å²) in [4.78, 5) is 4.45. The third kappa shape index (κ3) is 2.27. The van der Waals surface area contributed by atoms with Crippen LogP contribution in [0.3, 0.4) is 0 Å². The summed E-state index contributed by atoms with van der Waals surface area (Å²) in [6, 6.07) is 0. The van der Waals surface area contributed by atoms with Gasteiger partial charge in [-0.2, -0.15) is 0 Å². The Morgan fingerprint density at radius 2 is 2.25 bits per heavy atom. The summed E-state index contributed by atoms with van der Waals surface area (Å²) in [5.74, 6) is 5.20. The molecule has 0 aliphatic rings. The zero-order valence-corrected chi connectivity index (χ0v) is 8.53. The Kier molecular flexibility index (Phi) is 2.82. The van der Waals surface area contributed by atoms with E-state index in [2.05, 4.69) is 36.6 Å². The molecule has 4 heteroatoms. The minimum Gasteiger partial charge on any atom is -0.271 e. The fraction of sp³-hybridized carbons (Fsp3) is 0.625. The highest BCUT2D eigenvalue weighted by Crippen LogP contribution is 2.23. The number of aromatic nitrogens is 1. The smallest absolute Gasteiger partial charge is 0.108 e. The molecule has 0 spiro atoms. The molecule has 1 heterocycles.